The smallest absolute Gasteiger partial charge is 0.407 e. The molecule has 0 unspecified atom stereocenters. The van der Waals surface area contributed by atoms with E-state index < -0.39 is 14.4 Å². The van der Waals surface area contributed by atoms with Gasteiger partial charge in [-0.3, -0.25) is 19.6 Å². The van der Waals surface area contributed by atoms with E-state index in [2.05, 4.69) is 64.4 Å². The van der Waals surface area contributed by atoms with Crippen molar-refractivity contribution in [1.82, 2.24) is 19.7 Å². The molecular weight excluding hydrogens is 642 g/mol. The van der Waals surface area contributed by atoms with E-state index in [1.807, 2.05) is 24.1 Å². The molecular formula is C37H56FN5O5Si. The summed E-state index contributed by atoms with van der Waals surface area (Å²) in [5.74, 6) is -0.300. The number of fused-ring (bicyclic) bond motifs is 1. The number of aromatic nitrogens is 1. The number of carboxylic acid groups (broad SMARTS) is 1. The van der Waals surface area contributed by atoms with E-state index in [9.17, 15) is 19.1 Å². The quantitative estimate of drug-likeness (QED) is 0.339. The van der Waals surface area contributed by atoms with Crippen molar-refractivity contribution < 1.29 is 28.2 Å². The maximum Gasteiger partial charge on any atom is 0.407 e. The molecule has 2 fully saturated rings. The van der Waals surface area contributed by atoms with E-state index in [4.69, 9.17) is 14.1 Å². The van der Waals surface area contributed by atoms with Gasteiger partial charge in [-0.15, -0.1) is 0 Å². The molecule has 3 aliphatic heterocycles. The van der Waals surface area contributed by atoms with Crippen LogP contribution in [0.25, 0.3) is 0 Å². The van der Waals surface area contributed by atoms with Crippen molar-refractivity contribution in [3.8, 4) is 0 Å². The molecule has 3 aliphatic rings. The fourth-order valence-corrected chi connectivity index (χ4v) is 8.14. The molecule has 4 atom stereocenters. The van der Waals surface area contributed by atoms with Gasteiger partial charge < -0.3 is 24.1 Å². The van der Waals surface area contributed by atoms with Crippen LogP contribution in [-0.4, -0.2) is 122 Å². The molecule has 0 radical (unpaired) electrons. The number of rotatable bonds is 9. The second-order valence-corrected chi connectivity index (χ2v) is 21.4. The fourth-order valence-electron chi connectivity index (χ4n) is 7.10. The van der Waals surface area contributed by atoms with Crippen LogP contribution in [0.4, 0.5) is 14.9 Å². The number of hydrogen-bond donors (Lipinski definition) is 1. The summed E-state index contributed by atoms with van der Waals surface area (Å²) < 4.78 is 26.2. The molecule has 0 spiro atoms. The third kappa shape index (κ3) is 8.36. The number of pyridine rings is 1. The second kappa shape index (κ2) is 14.4. The lowest BCUT2D eigenvalue weighted by Gasteiger charge is -2.49. The van der Waals surface area contributed by atoms with Gasteiger partial charge in [-0.2, -0.15) is 0 Å². The lowest BCUT2D eigenvalue weighted by Crippen LogP contribution is -2.65. The van der Waals surface area contributed by atoms with E-state index in [0.29, 0.717) is 52.4 Å². The van der Waals surface area contributed by atoms with Crippen LogP contribution < -0.4 is 4.90 Å². The number of carbonyl (C=O) groups excluding carboxylic acids is 1. The van der Waals surface area contributed by atoms with Crippen LogP contribution >= 0.6 is 0 Å². The number of piperazine rings is 1. The molecule has 1 aromatic carbocycles. The molecule has 5 rings (SSSR count). The summed E-state index contributed by atoms with van der Waals surface area (Å²) in [6, 6.07) is 8.20. The molecule has 2 amide bonds. The number of hydrogen-bond acceptors (Lipinski definition) is 7. The van der Waals surface area contributed by atoms with Crippen LogP contribution in [0.5, 0.6) is 0 Å². The minimum absolute atomic E-state index is 0.0265. The fraction of sp³-hybridized carbons (Fsp3) is 0.649. The Labute approximate surface area is 292 Å². The highest BCUT2D eigenvalue weighted by atomic mass is 28.4. The van der Waals surface area contributed by atoms with Crippen LogP contribution in [0.2, 0.25) is 18.1 Å². The highest BCUT2D eigenvalue weighted by molar-refractivity contribution is 6.74. The Bertz CT molecular complexity index is 1500. The van der Waals surface area contributed by atoms with Gasteiger partial charge in [-0.05, 0) is 67.7 Å². The van der Waals surface area contributed by atoms with Crippen molar-refractivity contribution in [2.45, 2.75) is 103 Å². The Balaban J connectivity index is 1.36. The molecule has 12 heteroatoms. The molecule has 0 bridgehead atoms. The zero-order valence-corrected chi connectivity index (χ0v) is 31.8. The van der Waals surface area contributed by atoms with Crippen LogP contribution in [0.1, 0.15) is 65.3 Å². The summed E-state index contributed by atoms with van der Waals surface area (Å²) in [7, 11) is -2.00. The van der Waals surface area contributed by atoms with Crippen molar-refractivity contribution in [2.24, 2.45) is 0 Å². The van der Waals surface area contributed by atoms with Crippen molar-refractivity contribution >= 4 is 26.0 Å². The number of anilines is 1. The molecule has 0 aliphatic carbocycles. The van der Waals surface area contributed by atoms with Crippen LogP contribution in [0, 0.1) is 5.82 Å². The minimum atomic E-state index is -2.00. The van der Waals surface area contributed by atoms with Gasteiger partial charge in [0.25, 0.3) is 0 Å². The number of benzene rings is 1. The topological polar surface area (TPSA) is 98.7 Å². The predicted octanol–water partition coefficient (Wildman–Crippen LogP) is 5.60. The van der Waals surface area contributed by atoms with E-state index in [0.717, 1.165) is 22.5 Å². The lowest BCUT2D eigenvalue weighted by atomic mass is 9.91. The maximum atomic E-state index is 14.3. The molecule has 10 nitrogen and oxygen atoms in total. The summed E-state index contributed by atoms with van der Waals surface area (Å²) in [6.07, 6.45) is 1.50. The van der Waals surface area contributed by atoms with Gasteiger partial charge >= 0.3 is 6.09 Å². The lowest BCUT2D eigenvalue weighted by molar-refractivity contribution is -0.122. The SMILES string of the molecule is C[C@@H]1CN(CC(=O)N2CC(C)(C)c3ncc(Cc4ccc(F)cc4)cc32)[C@@H](CN2[C@@H](CO[Si](C)(C)C(C)(C)C)COC[C@H]2C)CN1C(=O)O. The summed E-state index contributed by atoms with van der Waals surface area (Å²) in [5.41, 5.74) is 3.30. The van der Waals surface area contributed by atoms with Gasteiger partial charge in [0.1, 0.15) is 5.82 Å². The van der Waals surface area contributed by atoms with Gasteiger partial charge in [0, 0.05) is 55.9 Å². The Morgan fingerprint density at radius 2 is 1.76 bits per heavy atom. The number of nitrogens with zero attached hydrogens (tertiary/aromatic N) is 5. The van der Waals surface area contributed by atoms with Crippen molar-refractivity contribution in [3.05, 3.63) is 59.2 Å². The predicted molar refractivity (Wildman–Crippen MR) is 192 cm³/mol. The molecule has 2 saturated heterocycles. The van der Waals surface area contributed by atoms with Gasteiger partial charge in [0.05, 0.1) is 43.8 Å². The normalized spacial score (nSPS) is 25.0. The first-order chi connectivity index (χ1) is 22.9. The van der Waals surface area contributed by atoms with Gasteiger partial charge in [0.15, 0.2) is 8.32 Å². The van der Waals surface area contributed by atoms with Crippen molar-refractivity contribution in [1.29, 1.82) is 0 Å². The first kappa shape index (κ1) is 37.4. The maximum absolute atomic E-state index is 14.3. The number of morpholine rings is 1. The Hall–Kier alpha value is -2.90. The average molecular weight is 698 g/mol. The Morgan fingerprint density at radius 3 is 2.41 bits per heavy atom. The molecule has 2 aromatic rings. The molecule has 1 N–H and O–H groups in total. The first-order valence-electron chi connectivity index (χ1n) is 17.6. The average Bonchev–Trinajstić information content (AvgIpc) is 3.28. The van der Waals surface area contributed by atoms with E-state index in [1.165, 1.54) is 17.0 Å². The monoisotopic (exact) mass is 697 g/mol. The Morgan fingerprint density at radius 1 is 1.06 bits per heavy atom. The van der Waals surface area contributed by atoms with E-state index in [-0.39, 0.29) is 52.9 Å². The number of halogens is 1. The largest absolute Gasteiger partial charge is 0.465 e. The number of amides is 2. The third-order valence-corrected chi connectivity index (χ3v) is 15.6. The Kier molecular flexibility index (Phi) is 11.0. The molecule has 0 saturated carbocycles. The summed E-state index contributed by atoms with van der Waals surface area (Å²) >= 11 is 0. The highest BCUT2D eigenvalue weighted by Crippen LogP contribution is 2.40. The number of ether oxygens (including phenoxy) is 1. The van der Waals surface area contributed by atoms with Gasteiger partial charge in [-0.25, -0.2) is 9.18 Å². The molecule has 49 heavy (non-hydrogen) atoms. The van der Waals surface area contributed by atoms with Gasteiger partial charge in [0.2, 0.25) is 5.91 Å². The third-order valence-electron chi connectivity index (χ3n) is 11.1. The summed E-state index contributed by atoms with van der Waals surface area (Å²) in [6.45, 7) is 23.2. The van der Waals surface area contributed by atoms with Gasteiger partial charge in [-0.1, -0.05) is 46.8 Å². The summed E-state index contributed by atoms with van der Waals surface area (Å²) in [4.78, 5) is 39.4. The van der Waals surface area contributed by atoms with Crippen LogP contribution in [0.3, 0.4) is 0 Å². The molecule has 270 valence electrons. The standard InChI is InChI=1S/C37H56FN5O5Si/c1-25-17-40(20-33(44)43-24-37(6,7)34-32(43)15-28(16-39-34)14-27-10-12-29(38)13-11-27)30(19-42(25)35(45)46)18-41-26(2)21-47-22-31(41)23-48-49(8,9)36(3,4)5/h10-13,15-16,25-26,30-31H,14,17-24H2,1-9H3,(H,45,46)/t25-,26-,30+,31-/m1/s1. The zero-order chi connectivity index (χ0) is 35.9. The van der Waals surface area contributed by atoms with E-state index in [1.54, 1.807) is 12.1 Å². The minimum Gasteiger partial charge on any atom is -0.465 e. The highest BCUT2D eigenvalue weighted by Gasteiger charge is 2.44. The molecule has 1 aromatic heterocycles. The zero-order valence-electron chi connectivity index (χ0n) is 30.8. The van der Waals surface area contributed by atoms with Crippen LogP contribution in [0.15, 0.2) is 36.5 Å². The van der Waals surface area contributed by atoms with Crippen molar-refractivity contribution in [2.75, 3.05) is 57.4 Å². The first-order valence-corrected chi connectivity index (χ1v) is 20.5. The second-order valence-electron chi connectivity index (χ2n) is 16.6. The molecule has 4 heterocycles. The number of carbonyl (C=O) groups is 2. The van der Waals surface area contributed by atoms with Crippen LogP contribution in [-0.2, 0) is 25.8 Å². The summed E-state index contributed by atoms with van der Waals surface area (Å²) in [5, 5.41) is 10.2. The van der Waals surface area contributed by atoms with E-state index >= 15 is 0 Å². The van der Waals surface area contributed by atoms with Crippen molar-refractivity contribution in [3.63, 3.8) is 0 Å².